The lowest BCUT2D eigenvalue weighted by molar-refractivity contribution is -0.123. The van der Waals surface area contributed by atoms with Gasteiger partial charge >= 0.3 is 0 Å². The minimum absolute atomic E-state index is 0.205. The maximum atomic E-state index is 11.7. The number of hydrazone groups is 1. The van der Waals surface area contributed by atoms with Crippen molar-refractivity contribution >= 4 is 35.3 Å². The summed E-state index contributed by atoms with van der Waals surface area (Å²) in [6, 6.07) is 12.2. The standard InChI is InChI=1S/C19H20Cl2N2O3/c1-2-3-10-25-16-7-4-14(5-8-16)12-22-23-19(24)13-26-18-9-6-15(20)11-17(18)21/h4-9,11-12H,2-3,10,13H2,1H3,(H,23,24)/b22-12+. The fourth-order valence-electron chi connectivity index (χ4n) is 1.93. The second-order valence-electron chi connectivity index (χ2n) is 5.43. The van der Waals surface area contributed by atoms with Crippen LogP contribution in [-0.4, -0.2) is 25.3 Å². The number of amides is 1. The van der Waals surface area contributed by atoms with Crippen LogP contribution < -0.4 is 14.9 Å². The van der Waals surface area contributed by atoms with Crippen LogP contribution in [0.25, 0.3) is 0 Å². The molecule has 0 spiro atoms. The normalized spacial score (nSPS) is 10.7. The molecule has 2 aromatic rings. The quantitative estimate of drug-likeness (QED) is 0.380. The lowest BCUT2D eigenvalue weighted by Gasteiger charge is -2.07. The molecule has 0 fully saturated rings. The molecule has 0 atom stereocenters. The number of carbonyl (C=O) groups is 1. The molecule has 0 bridgehead atoms. The third-order valence-electron chi connectivity index (χ3n) is 3.30. The van der Waals surface area contributed by atoms with Gasteiger partial charge in [0.15, 0.2) is 6.61 Å². The van der Waals surface area contributed by atoms with Crippen molar-refractivity contribution in [2.75, 3.05) is 13.2 Å². The van der Waals surface area contributed by atoms with Gasteiger partial charge in [0.05, 0.1) is 17.8 Å². The summed E-state index contributed by atoms with van der Waals surface area (Å²) in [6.45, 7) is 2.62. The number of carbonyl (C=O) groups excluding carboxylic acids is 1. The smallest absolute Gasteiger partial charge is 0.277 e. The van der Waals surface area contributed by atoms with Gasteiger partial charge in [0.2, 0.25) is 0 Å². The number of halogens is 2. The van der Waals surface area contributed by atoms with Crippen molar-refractivity contribution in [2.45, 2.75) is 19.8 Å². The second-order valence-corrected chi connectivity index (χ2v) is 6.27. The van der Waals surface area contributed by atoms with Gasteiger partial charge in [0, 0.05) is 5.02 Å². The summed E-state index contributed by atoms with van der Waals surface area (Å²) in [6.07, 6.45) is 3.67. The Bertz CT molecular complexity index is 749. The minimum atomic E-state index is -0.396. The van der Waals surface area contributed by atoms with E-state index in [1.165, 1.54) is 0 Å². The fraction of sp³-hybridized carbons (Fsp3) is 0.263. The van der Waals surface area contributed by atoms with E-state index < -0.39 is 5.91 Å². The van der Waals surface area contributed by atoms with Crippen LogP contribution >= 0.6 is 23.2 Å². The van der Waals surface area contributed by atoms with Crippen molar-refractivity contribution in [1.29, 1.82) is 0 Å². The number of rotatable bonds is 9. The predicted molar refractivity (Wildman–Crippen MR) is 105 cm³/mol. The number of benzene rings is 2. The zero-order valence-corrected chi connectivity index (χ0v) is 15.9. The number of hydrogen-bond donors (Lipinski definition) is 1. The molecule has 138 valence electrons. The van der Waals surface area contributed by atoms with E-state index in [-0.39, 0.29) is 6.61 Å². The molecule has 1 amide bonds. The third-order valence-corrected chi connectivity index (χ3v) is 3.83. The highest BCUT2D eigenvalue weighted by Crippen LogP contribution is 2.27. The first kappa shape index (κ1) is 20.1. The van der Waals surface area contributed by atoms with Gasteiger partial charge in [0.1, 0.15) is 11.5 Å². The molecule has 0 heterocycles. The molecule has 0 saturated heterocycles. The molecular formula is C19H20Cl2N2O3. The molecular weight excluding hydrogens is 375 g/mol. The van der Waals surface area contributed by atoms with Crippen LogP contribution in [-0.2, 0) is 4.79 Å². The van der Waals surface area contributed by atoms with Gasteiger partial charge in [-0.25, -0.2) is 5.43 Å². The Morgan fingerprint density at radius 2 is 1.92 bits per heavy atom. The van der Waals surface area contributed by atoms with E-state index in [9.17, 15) is 4.79 Å². The highest BCUT2D eigenvalue weighted by atomic mass is 35.5. The van der Waals surface area contributed by atoms with Crippen LogP contribution in [0.5, 0.6) is 11.5 Å². The highest BCUT2D eigenvalue weighted by Gasteiger charge is 2.05. The topological polar surface area (TPSA) is 59.9 Å². The molecule has 0 aliphatic heterocycles. The van der Waals surface area contributed by atoms with Crippen LogP contribution in [0, 0.1) is 0 Å². The lowest BCUT2D eigenvalue weighted by Crippen LogP contribution is -2.24. The van der Waals surface area contributed by atoms with Crippen LogP contribution in [0.1, 0.15) is 25.3 Å². The molecule has 2 aromatic carbocycles. The predicted octanol–water partition coefficient (Wildman–Crippen LogP) is 4.70. The Morgan fingerprint density at radius 3 is 2.62 bits per heavy atom. The van der Waals surface area contributed by atoms with Gasteiger partial charge < -0.3 is 9.47 Å². The third kappa shape index (κ3) is 6.94. The molecule has 0 saturated carbocycles. The van der Waals surface area contributed by atoms with Crippen LogP contribution in [0.3, 0.4) is 0 Å². The number of nitrogens with one attached hydrogen (secondary N) is 1. The Hall–Kier alpha value is -2.24. The zero-order chi connectivity index (χ0) is 18.8. The Balaban J connectivity index is 1.75. The van der Waals surface area contributed by atoms with E-state index in [4.69, 9.17) is 32.7 Å². The van der Waals surface area contributed by atoms with Crippen molar-refractivity contribution in [1.82, 2.24) is 5.43 Å². The van der Waals surface area contributed by atoms with Gasteiger partial charge in [-0.15, -0.1) is 0 Å². The van der Waals surface area contributed by atoms with Gasteiger partial charge in [-0.2, -0.15) is 5.10 Å². The Morgan fingerprint density at radius 1 is 1.15 bits per heavy atom. The Labute approximate surface area is 162 Å². The monoisotopic (exact) mass is 394 g/mol. The first-order chi connectivity index (χ1) is 12.6. The maximum absolute atomic E-state index is 11.7. The molecule has 5 nitrogen and oxygen atoms in total. The van der Waals surface area contributed by atoms with Crippen molar-refractivity contribution in [3.63, 3.8) is 0 Å². The lowest BCUT2D eigenvalue weighted by atomic mass is 10.2. The molecule has 2 rings (SSSR count). The average molecular weight is 395 g/mol. The van der Waals surface area contributed by atoms with E-state index in [1.54, 1.807) is 24.4 Å². The molecule has 0 aliphatic carbocycles. The van der Waals surface area contributed by atoms with E-state index in [2.05, 4.69) is 17.5 Å². The minimum Gasteiger partial charge on any atom is -0.494 e. The van der Waals surface area contributed by atoms with Crippen molar-refractivity contribution in [3.05, 3.63) is 58.1 Å². The molecule has 1 N–H and O–H groups in total. The van der Waals surface area contributed by atoms with Gasteiger partial charge in [-0.05, 0) is 54.4 Å². The summed E-state index contributed by atoms with van der Waals surface area (Å²) < 4.78 is 10.9. The zero-order valence-electron chi connectivity index (χ0n) is 14.4. The largest absolute Gasteiger partial charge is 0.494 e. The van der Waals surface area contributed by atoms with Crippen molar-refractivity contribution < 1.29 is 14.3 Å². The average Bonchev–Trinajstić information content (AvgIpc) is 2.62. The number of nitrogens with zero attached hydrogens (tertiary/aromatic N) is 1. The highest BCUT2D eigenvalue weighted by molar-refractivity contribution is 6.35. The van der Waals surface area contributed by atoms with Gasteiger partial charge in [-0.3, -0.25) is 4.79 Å². The summed E-state index contributed by atoms with van der Waals surface area (Å²) in [5.74, 6) is 0.800. The van der Waals surface area contributed by atoms with E-state index in [0.29, 0.717) is 22.4 Å². The molecule has 0 aliphatic rings. The molecule has 7 heteroatoms. The summed E-state index contributed by atoms with van der Waals surface area (Å²) in [5, 5.41) is 4.74. The summed E-state index contributed by atoms with van der Waals surface area (Å²) in [7, 11) is 0. The first-order valence-electron chi connectivity index (χ1n) is 8.21. The number of ether oxygens (including phenoxy) is 2. The molecule has 0 aromatic heterocycles. The molecule has 0 unspecified atom stereocenters. The van der Waals surface area contributed by atoms with Crippen LogP contribution in [0.2, 0.25) is 10.0 Å². The van der Waals surface area contributed by atoms with Crippen LogP contribution in [0.4, 0.5) is 0 Å². The first-order valence-corrected chi connectivity index (χ1v) is 8.96. The maximum Gasteiger partial charge on any atom is 0.277 e. The molecule has 0 radical (unpaired) electrons. The second kappa shape index (κ2) is 10.7. The fourth-order valence-corrected chi connectivity index (χ4v) is 2.39. The van der Waals surface area contributed by atoms with Gasteiger partial charge in [0.25, 0.3) is 5.91 Å². The summed E-state index contributed by atoms with van der Waals surface area (Å²) in [4.78, 5) is 11.7. The number of hydrogen-bond acceptors (Lipinski definition) is 4. The SMILES string of the molecule is CCCCOc1ccc(/C=N/NC(=O)COc2ccc(Cl)cc2Cl)cc1. The summed E-state index contributed by atoms with van der Waals surface area (Å²) in [5.41, 5.74) is 3.24. The van der Waals surface area contributed by atoms with Crippen molar-refractivity contribution in [3.8, 4) is 11.5 Å². The van der Waals surface area contributed by atoms with E-state index >= 15 is 0 Å². The molecule has 26 heavy (non-hydrogen) atoms. The van der Waals surface area contributed by atoms with Crippen molar-refractivity contribution in [2.24, 2.45) is 5.10 Å². The Kier molecular flexibility index (Phi) is 8.25. The summed E-state index contributed by atoms with van der Waals surface area (Å²) >= 11 is 11.8. The van der Waals surface area contributed by atoms with Gasteiger partial charge in [-0.1, -0.05) is 36.5 Å². The number of unbranched alkanes of at least 4 members (excludes halogenated alkanes) is 1. The van der Waals surface area contributed by atoms with E-state index in [1.807, 2.05) is 24.3 Å². The van der Waals surface area contributed by atoms with Crippen LogP contribution in [0.15, 0.2) is 47.6 Å². The van der Waals surface area contributed by atoms with E-state index in [0.717, 1.165) is 24.2 Å².